The molecular weight excluding hydrogens is 296 g/mol. The van der Waals surface area contributed by atoms with Crippen LogP contribution in [0.4, 0.5) is 0 Å². The molecule has 0 saturated carbocycles. The molecule has 0 radical (unpaired) electrons. The van der Waals surface area contributed by atoms with Crippen molar-refractivity contribution >= 4 is 21.4 Å². The SMILES string of the molecule is Cc1cc(Oc2cccc(S(C)(=O)=O)c2)ccc1CCl. The first-order valence-electron chi connectivity index (χ1n) is 6.03. The van der Waals surface area contributed by atoms with Gasteiger partial charge in [-0.3, -0.25) is 0 Å². The van der Waals surface area contributed by atoms with E-state index in [9.17, 15) is 8.42 Å². The van der Waals surface area contributed by atoms with Crippen LogP contribution in [0.15, 0.2) is 47.4 Å². The minimum absolute atomic E-state index is 0.240. The molecule has 2 aromatic carbocycles. The van der Waals surface area contributed by atoms with Crippen LogP contribution in [0.2, 0.25) is 0 Å². The topological polar surface area (TPSA) is 43.4 Å². The fourth-order valence-corrected chi connectivity index (χ4v) is 2.74. The lowest BCUT2D eigenvalue weighted by Crippen LogP contribution is -1.97. The molecule has 5 heteroatoms. The fourth-order valence-electron chi connectivity index (χ4n) is 1.79. The zero-order valence-corrected chi connectivity index (χ0v) is 12.8. The summed E-state index contributed by atoms with van der Waals surface area (Å²) in [6.45, 7) is 1.96. The third kappa shape index (κ3) is 3.52. The maximum atomic E-state index is 11.5. The molecule has 0 unspecified atom stereocenters. The lowest BCUT2D eigenvalue weighted by Gasteiger charge is -2.09. The molecule has 0 aromatic heterocycles. The molecular formula is C15H15ClO3S. The Labute approximate surface area is 124 Å². The molecule has 0 aliphatic rings. The van der Waals surface area contributed by atoms with E-state index >= 15 is 0 Å². The molecule has 3 nitrogen and oxygen atoms in total. The Morgan fingerprint density at radius 1 is 1.10 bits per heavy atom. The van der Waals surface area contributed by atoms with Crippen molar-refractivity contribution in [3.05, 3.63) is 53.6 Å². The fraction of sp³-hybridized carbons (Fsp3) is 0.200. The molecule has 0 atom stereocenters. The molecule has 106 valence electrons. The molecule has 0 saturated heterocycles. The molecule has 0 amide bonds. The van der Waals surface area contributed by atoms with Gasteiger partial charge in [0.25, 0.3) is 0 Å². The Hall–Kier alpha value is -1.52. The van der Waals surface area contributed by atoms with Gasteiger partial charge in [0, 0.05) is 12.1 Å². The second kappa shape index (κ2) is 5.85. The first-order valence-corrected chi connectivity index (χ1v) is 8.46. The average Bonchev–Trinajstić information content (AvgIpc) is 2.38. The lowest BCUT2D eigenvalue weighted by molar-refractivity contribution is 0.480. The quantitative estimate of drug-likeness (QED) is 0.804. The Kier molecular flexibility index (Phi) is 4.35. The predicted molar refractivity (Wildman–Crippen MR) is 80.4 cm³/mol. The molecule has 0 heterocycles. The van der Waals surface area contributed by atoms with Crippen LogP contribution in [0.25, 0.3) is 0 Å². The smallest absolute Gasteiger partial charge is 0.175 e. The second-order valence-electron chi connectivity index (χ2n) is 4.57. The third-order valence-electron chi connectivity index (χ3n) is 2.93. The van der Waals surface area contributed by atoms with Crippen LogP contribution in [0, 0.1) is 6.92 Å². The van der Waals surface area contributed by atoms with E-state index in [-0.39, 0.29) is 4.90 Å². The summed E-state index contributed by atoms with van der Waals surface area (Å²) in [6, 6.07) is 12.0. The van der Waals surface area contributed by atoms with Crippen LogP contribution >= 0.6 is 11.6 Å². The van der Waals surface area contributed by atoms with Crippen molar-refractivity contribution < 1.29 is 13.2 Å². The summed E-state index contributed by atoms with van der Waals surface area (Å²) in [5.74, 6) is 1.60. The molecule has 0 spiro atoms. The molecule has 20 heavy (non-hydrogen) atoms. The van der Waals surface area contributed by atoms with Gasteiger partial charge in [0.2, 0.25) is 0 Å². The highest BCUT2D eigenvalue weighted by Gasteiger charge is 2.08. The molecule has 0 aliphatic heterocycles. The number of hydrogen-bond acceptors (Lipinski definition) is 3. The second-order valence-corrected chi connectivity index (χ2v) is 6.85. The van der Waals surface area contributed by atoms with Gasteiger partial charge in [-0.05, 0) is 48.4 Å². The van der Waals surface area contributed by atoms with Crippen molar-refractivity contribution in [2.75, 3.05) is 6.26 Å². The number of benzene rings is 2. The van der Waals surface area contributed by atoms with Gasteiger partial charge in [0.1, 0.15) is 11.5 Å². The van der Waals surface area contributed by atoms with Crippen molar-refractivity contribution in [2.45, 2.75) is 17.7 Å². The standard InChI is InChI=1S/C15H15ClO3S/c1-11-8-14(7-6-12(11)10-16)19-13-4-3-5-15(9-13)20(2,17)18/h3-9H,10H2,1-2H3. The van der Waals surface area contributed by atoms with E-state index in [1.165, 1.54) is 12.3 Å². The van der Waals surface area contributed by atoms with Crippen molar-refractivity contribution in [3.8, 4) is 11.5 Å². The number of aryl methyl sites for hydroxylation is 1. The average molecular weight is 311 g/mol. The van der Waals surface area contributed by atoms with E-state index in [4.69, 9.17) is 16.3 Å². The van der Waals surface area contributed by atoms with Gasteiger partial charge in [-0.1, -0.05) is 12.1 Å². The van der Waals surface area contributed by atoms with Crippen LogP contribution in [0.5, 0.6) is 11.5 Å². The molecule has 0 N–H and O–H groups in total. The monoisotopic (exact) mass is 310 g/mol. The van der Waals surface area contributed by atoms with Gasteiger partial charge >= 0.3 is 0 Å². The van der Waals surface area contributed by atoms with Gasteiger partial charge in [-0.2, -0.15) is 0 Å². The van der Waals surface area contributed by atoms with E-state index < -0.39 is 9.84 Å². The van der Waals surface area contributed by atoms with Gasteiger partial charge in [0.15, 0.2) is 9.84 Å². The van der Waals surface area contributed by atoms with Gasteiger partial charge in [-0.15, -0.1) is 11.6 Å². The Balaban J connectivity index is 2.29. The molecule has 2 rings (SSSR count). The third-order valence-corrected chi connectivity index (χ3v) is 4.33. The summed E-state index contributed by atoms with van der Waals surface area (Å²) < 4.78 is 28.7. The molecule has 0 fully saturated rings. The summed E-state index contributed by atoms with van der Waals surface area (Å²) in [5.41, 5.74) is 2.08. The van der Waals surface area contributed by atoms with Crippen molar-refractivity contribution in [3.63, 3.8) is 0 Å². The highest BCUT2D eigenvalue weighted by atomic mass is 35.5. The van der Waals surface area contributed by atoms with E-state index in [1.807, 2.05) is 25.1 Å². The van der Waals surface area contributed by atoms with E-state index in [1.54, 1.807) is 18.2 Å². The van der Waals surface area contributed by atoms with Gasteiger partial charge < -0.3 is 4.74 Å². The van der Waals surface area contributed by atoms with Crippen LogP contribution in [0.1, 0.15) is 11.1 Å². The zero-order valence-electron chi connectivity index (χ0n) is 11.3. The van der Waals surface area contributed by atoms with Crippen molar-refractivity contribution in [1.29, 1.82) is 0 Å². The van der Waals surface area contributed by atoms with E-state index in [2.05, 4.69) is 0 Å². The van der Waals surface area contributed by atoms with Crippen molar-refractivity contribution in [1.82, 2.24) is 0 Å². The van der Waals surface area contributed by atoms with Crippen LogP contribution in [0.3, 0.4) is 0 Å². The number of ether oxygens (including phenoxy) is 1. The zero-order chi connectivity index (χ0) is 14.8. The minimum atomic E-state index is -3.23. The summed E-state index contributed by atoms with van der Waals surface area (Å²) >= 11 is 5.81. The van der Waals surface area contributed by atoms with Crippen LogP contribution in [-0.4, -0.2) is 14.7 Å². The summed E-state index contributed by atoms with van der Waals surface area (Å²) in [5, 5.41) is 0. The van der Waals surface area contributed by atoms with Gasteiger partial charge in [0.05, 0.1) is 4.90 Å². The summed E-state index contributed by atoms with van der Waals surface area (Å²) in [7, 11) is -3.23. The van der Waals surface area contributed by atoms with Crippen LogP contribution < -0.4 is 4.74 Å². The first-order chi connectivity index (χ1) is 9.40. The maximum absolute atomic E-state index is 11.5. The van der Waals surface area contributed by atoms with E-state index in [0.29, 0.717) is 17.4 Å². The highest BCUT2D eigenvalue weighted by Crippen LogP contribution is 2.26. The summed E-state index contributed by atoms with van der Waals surface area (Å²) in [6.07, 6.45) is 1.17. The highest BCUT2D eigenvalue weighted by molar-refractivity contribution is 7.90. The normalized spacial score (nSPS) is 11.3. The largest absolute Gasteiger partial charge is 0.457 e. The number of alkyl halides is 1. The number of rotatable bonds is 4. The molecule has 2 aromatic rings. The predicted octanol–water partition coefficient (Wildman–Crippen LogP) is 3.93. The lowest BCUT2D eigenvalue weighted by atomic mass is 10.1. The number of hydrogen-bond donors (Lipinski definition) is 0. The Morgan fingerprint density at radius 2 is 1.80 bits per heavy atom. The number of sulfone groups is 1. The number of halogens is 1. The van der Waals surface area contributed by atoms with Crippen LogP contribution in [-0.2, 0) is 15.7 Å². The van der Waals surface area contributed by atoms with Gasteiger partial charge in [-0.25, -0.2) is 8.42 Å². The Bertz CT molecular complexity index is 724. The molecule has 0 aliphatic carbocycles. The minimum Gasteiger partial charge on any atom is -0.457 e. The first kappa shape index (κ1) is 14.9. The Morgan fingerprint density at radius 3 is 2.40 bits per heavy atom. The summed E-state index contributed by atoms with van der Waals surface area (Å²) in [4.78, 5) is 0.240. The maximum Gasteiger partial charge on any atom is 0.175 e. The van der Waals surface area contributed by atoms with E-state index in [0.717, 1.165) is 11.1 Å². The molecule has 0 bridgehead atoms. The van der Waals surface area contributed by atoms with Crippen molar-refractivity contribution in [2.24, 2.45) is 0 Å².